The lowest BCUT2D eigenvalue weighted by molar-refractivity contribution is 1.50. The molecule has 2 heteroatoms. The molecule has 0 atom stereocenters. The third-order valence-corrected chi connectivity index (χ3v) is 0.511. The molecule has 46 valence electrons. The van der Waals surface area contributed by atoms with Gasteiger partial charge in [-0.2, -0.15) is 0 Å². The van der Waals surface area contributed by atoms with Crippen LogP contribution in [0.25, 0.3) is 0 Å². The fraction of sp³-hybridized carbons (Fsp3) is 0. The molecule has 0 aliphatic rings. The van der Waals surface area contributed by atoms with Gasteiger partial charge in [-0.3, -0.25) is 0 Å². The van der Waals surface area contributed by atoms with Gasteiger partial charge in [0.15, 0.2) is 0 Å². The van der Waals surface area contributed by atoms with Gasteiger partial charge in [-0.1, -0.05) is 6.58 Å². The first-order valence-corrected chi connectivity index (χ1v) is 2.41. The van der Waals surface area contributed by atoms with Crippen molar-refractivity contribution >= 4 is 5.87 Å². The molecule has 0 unspecified atom stereocenters. The molecule has 0 aromatic carbocycles. The highest BCUT2D eigenvalue weighted by Crippen LogP contribution is 1.65. The second-order valence-electron chi connectivity index (χ2n) is 1.14. The van der Waals surface area contributed by atoms with Gasteiger partial charge in [0, 0.05) is 12.3 Å². The lowest BCUT2D eigenvalue weighted by atomic mass is 10.6. The molecule has 0 fully saturated rings. The minimum absolute atomic E-state index is 1.33. The van der Waals surface area contributed by atoms with Crippen molar-refractivity contribution in [1.82, 2.24) is 0 Å². The summed E-state index contributed by atoms with van der Waals surface area (Å²) in [6, 6.07) is 0. The minimum atomic E-state index is 1.33. The predicted octanol–water partition coefficient (Wildman–Crippen LogP) is 0.983. The summed E-state index contributed by atoms with van der Waals surface area (Å²) >= 11 is 0. The van der Waals surface area contributed by atoms with Gasteiger partial charge >= 0.3 is 0 Å². The third kappa shape index (κ3) is 6.51. The number of nitrogens with zero attached hydrogens (tertiary/aromatic N) is 1. The number of aliphatic imine (C=N–C) groups is 1. The summed E-state index contributed by atoms with van der Waals surface area (Å²) in [6.07, 6.45) is 5.97. The van der Waals surface area contributed by atoms with E-state index in [-0.39, 0.29) is 0 Å². The maximum atomic E-state index is 4.98. The zero-order valence-electron chi connectivity index (χ0n) is 5.04. The third-order valence-electron chi connectivity index (χ3n) is 0.511. The largest absolute Gasteiger partial charge is 0.403 e. The van der Waals surface area contributed by atoms with Crippen LogP contribution in [0.3, 0.4) is 0 Å². The summed E-state index contributed by atoms with van der Waals surface area (Å²) in [4.78, 5) is 3.62. The second kappa shape index (κ2) is 6.51. The predicted molar refractivity (Wildman–Crippen MR) is 39.0 cm³/mol. The van der Waals surface area contributed by atoms with E-state index in [1.807, 2.05) is 0 Å². The average molecular weight is 120 g/mol. The summed E-state index contributed by atoms with van der Waals surface area (Å²) < 4.78 is 0. The van der Waals surface area contributed by atoms with E-state index in [1.54, 1.807) is 12.2 Å². The van der Waals surface area contributed by atoms with Crippen molar-refractivity contribution in [1.29, 1.82) is 0 Å². The van der Waals surface area contributed by atoms with Crippen LogP contribution in [0.2, 0.25) is 0 Å². The van der Waals surface area contributed by atoms with Gasteiger partial charge in [-0.25, -0.2) is 4.99 Å². The van der Waals surface area contributed by atoms with E-state index in [0.717, 1.165) is 0 Å². The standard InChI is InChI=1S/C7H8N2/c1-2-3-4-6-9-7-5-8/h3-5,7H,1,8H2/b7-5-. The highest BCUT2D eigenvalue weighted by atomic mass is 14.7. The van der Waals surface area contributed by atoms with Crippen LogP contribution in [-0.2, 0) is 0 Å². The smallest absolute Gasteiger partial charge is 0.0522 e. The Morgan fingerprint density at radius 2 is 2.22 bits per heavy atom. The maximum absolute atomic E-state index is 4.98. The molecule has 0 rings (SSSR count). The quantitative estimate of drug-likeness (QED) is 0.329. The molecule has 0 aromatic heterocycles. The molecular formula is C7H8N2. The Balaban J connectivity index is 3.81. The Labute approximate surface area is 54.4 Å². The van der Waals surface area contributed by atoms with Crippen molar-refractivity contribution in [3.8, 4) is 0 Å². The number of hydrogen-bond donors (Lipinski definition) is 1. The zero-order valence-corrected chi connectivity index (χ0v) is 5.04. The van der Waals surface area contributed by atoms with Crippen LogP contribution in [0.15, 0.2) is 41.9 Å². The van der Waals surface area contributed by atoms with E-state index in [2.05, 4.69) is 23.2 Å². The van der Waals surface area contributed by atoms with Crippen molar-refractivity contribution < 1.29 is 0 Å². The van der Waals surface area contributed by atoms with Crippen LogP contribution < -0.4 is 5.73 Å². The Bertz CT molecular complexity index is 189. The highest BCUT2D eigenvalue weighted by Gasteiger charge is 1.52. The average Bonchev–Trinajstić information content (AvgIpc) is 1.89. The number of hydrogen-bond acceptors (Lipinski definition) is 2. The lowest BCUT2D eigenvalue weighted by Crippen LogP contribution is -1.71. The van der Waals surface area contributed by atoms with Gasteiger partial charge in [0.05, 0.1) is 6.20 Å². The molecule has 0 aliphatic carbocycles. The first-order valence-electron chi connectivity index (χ1n) is 2.41. The number of allylic oxidation sites excluding steroid dienone is 2. The van der Waals surface area contributed by atoms with Gasteiger partial charge < -0.3 is 5.73 Å². The fourth-order valence-corrected chi connectivity index (χ4v) is 0.225. The molecule has 0 radical (unpaired) electrons. The molecule has 2 N–H and O–H groups in total. The SMILES string of the molecule is C=C=CC=C=N/C=C\N. The molecule has 9 heavy (non-hydrogen) atoms. The fourth-order valence-electron chi connectivity index (χ4n) is 0.225. The highest BCUT2D eigenvalue weighted by molar-refractivity contribution is 5.55. The molecule has 0 aliphatic heterocycles. The van der Waals surface area contributed by atoms with Gasteiger partial charge in [0.1, 0.15) is 0 Å². The number of rotatable bonds is 2. The summed E-state index contributed by atoms with van der Waals surface area (Å²) in [5, 5.41) is 0. The van der Waals surface area contributed by atoms with Crippen LogP contribution in [-0.4, -0.2) is 5.87 Å². The second-order valence-corrected chi connectivity index (χ2v) is 1.14. The van der Waals surface area contributed by atoms with Crippen LogP contribution in [0.1, 0.15) is 0 Å². The Kier molecular flexibility index (Phi) is 5.43. The van der Waals surface area contributed by atoms with E-state index in [0.29, 0.717) is 0 Å². The van der Waals surface area contributed by atoms with Crippen LogP contribution >= 0.6 is 0 Å². The van der Waals surface area contributed by atoms with Gasteiger partial charge in [0.25, 0.3) is 0 Å². The monoisotopic (exact) mass is 120 g/mol. The van der Waals surface area contributed by atoms with E-state index in [4.69, 9.17) is 5.73 Å². The molecule has 2 nitrogen and oxygen atoms in total. The van der Waals surface area contributed by atoms with Crippen LogP contribution in [0.5, 0.6) is 0 Å². The van der Waals surface area contributed by atoms with Crippen molar-refractivity contribution in [3.63, 3.8) is 0 Å². The normalized spacial score (nSPS) is 7.56. The first kappa shape index (κ1) is 7.51. The summed E-state index contributed by atoms with van der Waals surface area (Å²) in [7, 11) is 0. The van der Waals surface area contributed by atoms with Crippen molar-refractivity contribution in [2.24, 2.45) is 10.7 Å². The van der Waals surface area contributed by atoms with Crippen molar-refractivity contribution in [2.75, 3.05) is 0 Å². The zero-order chi connectivity index (χ0) is 6.95. The summed E-state index contributed by atoms with van der Waals surface area (Å²) in [5.74, 6) is 2.56. The van der Waals surface area contributed by atoms with Crippen LogP contribution in [0.4, 0.5) is 0 Å². The molecule has 0 saturated heterocycles. The summed E-state index contributed by atoms with van der Waals surface area (Å²) in [6.45, 7) is 3.34. The molecule has 0 saturated carbocycles. The molecular weight excluding hydrogens is 112 g/mol. The van der Waals surface area contributed by atoms with E-state index < -0.39 is 0 Å². The molecule has 0 amide bonds. The van der Waals surface area contributed by atoms with E-state index >= 15 is 0 Å². The van der Waals surface area contributed by atoms with Gasteiger partial charge in [0.2, 0.25) is 0 Å². The van der Waals surface area contributed by atoms with E-state index in [9.17, 15) is 0 Å². The number of nitrogens with two attached hydrogens (primary N) is 1. The van der Waals surface area contributed by atoms with Gasteiger partial charge in [-0.05, 0) is 11.9 Å². The molecule has 0 spiro atoms. The molecule has 0 bridgehead atoms. The Hall–Kier alpha value is -1.49. The van der Waals surface area contributed by atoms with Crippen molar-refractivity contribution in [3.05, 3.63) is 36.9 Å². The first-order chi connectivity index (χ1) is 4.41. The maximum Gasteiger partial charge on any atom is 0.0522 e. The summed E-state index contributed by atoms with van der Waals surface area (Å²) in [5.41, 5.74) is 7.51. The topological polar surface area (TPSA) is 38.4 Å². The Morgan fingerprint density at radius 1 is 1.44 bits per heavy atom. The minimum Gasteiger partial charge on any atom is -0.403 e. The lowest BCUT2D eigenvalue weighted by Gasteiger charge is -1.63. The Morgan fingerprint density at radius 3 is 2.78 bits per heavy atom. The van der Waals surface area contributed by atoms with Gasteiger partial charge in [-0.15, -0.1) is 5.73 Å². The molecule has 0 aromatic rings. The van der Waals surface area contributed by atoms with Crippen LogP contribution in [0, 0.1) is 0 Å². The van der Waals surface area contributed by atoms with Crippen molar-refractivity contribution in [2.45, 2.75) is 0 Å². The molecule has 0 heterocycles. The van der Waals surface area contributed by atoms with E-state index in [1.165, 1.54) is 12.4 Å².